The van der Waals surface area contributed by atoms with Gasteiger partial charge in [-0.2, -0.15) is 0 Å². The molecule has 3 fully saturated rings. The summed E-state index contributed by atoms with van der Waals surface area (Å²) in [6.45, 7) is 5.23. The molecule has 0 aromatic heterocycles. The Balaban J connectivity index is 2.04. The third-order valence-corrected chi connectivity index (χ3v) is 4.13. The summed E-state index contributed by atoms with van der Waals surface area (Å²) in [5.74, 6) is 0.762. The Hall–Kier alpha value is -0.0800. The van der Waals surface area contributed by atoms with Gasteiger partial charge < -0.3 is 9.47 Å². The maximum Gasteiger partial charge on any atom is 0.0921 e. The molecule has 0 spiro atoms. The van der Waals surface area contributed by atoms with Crippen LogP contribution in [0, 0.1) is 5.92 Å². The Kier molecular flexibility index (Phi) is 1.15. The lowest BCUT2D eigenvalue weighted by atomic mass is 9.77. The summed E-state index contributed by atoms with van der Waals surface area (Å²) in [6, 6.07) is 0. The summed E-state index contributed by atoms with van der Waals surface area (Å²) in [4.78, 5) is 0. The van der Waals surface area contributed by atoms with E-state index in [1.807, 2.05) is 0 Å². The number of fused-ring (bicyclic) bond motifs is 3. The fourth-order valence-electron chi connectivity index (χ4n) is 3.02. The zero-order valence-corrected chi connectivity index (χ0v) is 7.80. The maximum atomic E-state index is 6.05. The molecule has 3 bridgehead atoms. The zero-order valence-electron chi connectivity index (χ0n) is 7.80. The Morgan fingerprint density at radius 2 is 2.08 bits per heavy atom. The Morgan fingerprint density at radius 1 is 1.25 bits per heavy atom. The van der Waals surface area contributed by atoms with Gasteiger partial charge >= 0.3 is 0 Å². The normalized spacial score (nSPS) is 62.5. The molecule has 12 heavy (non-hydrogen) atoms. The van der Waals surface area contributed by atoms with E-state index in [9.17, 15) is 0 Å². The lowest BCUT2D eigenvalue weighted by Gasteiger charge is -2.41. The molecule has 2 heteroatoms. The molecule has 68 valence electrons. The minimum absolute atomic E-state index is 0.0481. The van der Waals surface area contributed by atoms with Gasteiger partial charge in [-0.3, -0.25) is 0 Å². The van der Waals surface area contributed by atoms with Crippen LogP contribution in [-0.4, -0.2) is 23.9 Å². The van der Waals surface area contributed by atoms with Crippen LogP contribution in [0.4, 0.5) is 0 Å². The van der Waals surface area contributed by atoms with Gasteiger partial charge in [0.05, 0.1) is 23.9 Å². The van der Waals surface area contributed by atoms with Gasteiger partial charge in [0.2, 0.25) is 0 Å². The number of hydrogen-bond acceptors (Lipinski definition) is 2. The highest BCUT2D eigenvalue weighted by Gasteiger charge is 2.59. The second kappa shape index (κ2) is 1.88. The fourth-order valence-corrected chi connectivity index (χ4v) is 3.02. The average Bonchev–Trinajstić information content (AvgIpc) is 2.22. The molecule has 2 nitrogen and oxygen atoms in total. The van der Waals surface area contributed by atoms with E-state index in [1.165, 1.54) is 19.3 Å². The largest absolute Gasteiger partial charge is 0.370 e. The van der Waals surface area contributed by atoms with E-state index in [2.05, 4.69) is 13.8 Å². The summed E-state index contributed by atoms with van der Waals surface area (Å²) in [7, 11) is 0. The van der Waals surface area contributed by atoms with Gasteiger partial charge in [-0.05, 0) is 39.0 Å². The van der Waals surface area contributed by atoms with Crippen LogP contribution in [0.15, 0.2) is 0 Å². The van der Waals surface area contributed by atoms with Crippen molar-refractivity contribution >= 4 is 0 Å². The third kappa shape index (κ3) is 0.686. The smallest absolute Gasteiger partial charge is 0.0921 e. The van der Waals surface area contributed by atoms with E-state index in [0.717, 1.165) is 12.5 Å². The minimum Gasteiger partial charge on any atom is -0.370 e. The topological polar surface area (TPSA) is 18.5 Å². The zero-order chi connectivity index (χ0) is 8.40. The van der Waals surface area contributed by atoms with Crippen molar-refractivity contribution in [3.8, 4) is 0 Å². The molecule has 0 radical (unpaired) electrons. The molecule has 1 aliphatic carbocycles. The molecule has 0 aromatic rings. The summed E-state index contributed by atoms with van der Waals surface area (Å²) >= 11 is 0. The van der Waals surface area contributed by atoms with Crippen LogP contribution >= 0.6 is 0 Å². The summed E-state index contributed by atoms with van der Waals surface area (Å²) in [6.07, 6.45) is 4.10. The van der Waals surface area contributed by atoms with E-state index >= 15 is 0 Å². The van der Waals surface area contributed by atoms with Crippen molar-refractivity contribution in [2.24, 2.45) is 5.92 Å². The first-order valence-corrected chi connectivity index (χ1v) is 4.94. The van der Waals surface area contributed by atoms with Crippen molar-refractivity contribution in [1.29, 1.82) is 0 Å². The standard InChI is InChI=1S/C10H16O2/c1-9-4-3-7-5-8(9)12-10(7,2)6-11-9/h7-8H,3-6H2,1-2H3/t7-,8-,9+,10-/m1/s1. The number of hydrogen-bond donors (Lipinski definition) is 0. The first-order chi connectivity index (χ1) is 5.62. The monoisotopic (exact) mass is 168 g/mol. The van der Waals surface area contributed by atoms with Crippen LogP contribution in [0.1, 0.15) is 33.1 Å². The van der Waals surface area contributed by atoms with E-state index in [4.69, 9.17) is 9.47 Å². The highest BCUT2D eigenvalue weighted by atomic mass is 16.6. The molecular formula is C10H16O2. The molecule has 4 atom stereocenters. The molecule has 3 aliphatic rings. The molecule has 3 rings (SSSR count). The van der Waals surface area contributed by atoms with Gasteiger partial charge in [0, 0.05) is 0 Å². The predicted molar refractivity (Wildman–Crippen MR) is 45.0 cm³/mol. The van der Waals surface area contributed by atoms with Crippen molar-refractivity contribution in [1.82, 2.24) is 0 Å². The first-order valence-electron chi connectivity index (χ1n) is 4.94. The van der Waals surface area contributed by atoms with Crippen molar-refractivity contribution in [2.45, 2.75) is 50.4 Å². The second-order valence-electron chi connectivity index (χ2n) is 4.99. The molecule has 0 unspecified atom stereocenters. The van der Waals surface area contributed by atoms with Gasteiger partial charge in [0.1, 0.15) is 0 Å². The summed E-state index contributed by atoms with van der Waals surface area (Å²) in [5.41, 5.74) is 0.104. The lowest BCUT2D eigenvalue weighted by molar-refractivity contribution is -0.226. The second-order valence-corrected chi connectivity index (χ2v) is 4.99. The van der Waals surface area contributed by atoms with Gasteiger partial charge in [0.15, 0.2) is 0 Å². The summed E-state index contributed by atoms with van der Waals surface area (Å²) in [5, 5.41) is 0. The van der Waals surface area contributed by atoms with E-state index < -0.39 is 0 Å². The quantitative estimate of drug-likeness (QED) is 0.548. The van der Waals surface area contributed by atoms with E-state index in [1.54, 1.807) is 0 Å². The Labute approximate surface area is 73.2 Å². The van der Waals surface area contributed by atoms with E-state index in [0.29, 0.717) is 6.10 Å². The lowest BCUT2D eigenvalue weighted by Crippen LogP contribution is -2.49. The molecule has 1 saturated carbocycles. The van der Waals surface area contributed by atoms with Crippen molar-refractivity contribution in [2.75, 3.05) is 6.61 Å². The highest BCUT2D eigenvalue weighted by molar-refractivity contribution is 5.08. The van der Waals surface area contributed by atoms with Crippen LogP contribution < -0.4 is 0 Å². The first kappa shape index (κ1) is 7.34. The fraction of sp³-hybridized carbons (Fsp3) is 1.00. The highest BCUT2D eigenvalue weighted by Crippen LogP contribution is 2.53. The Morgan fingerprint density at radius 3 is 2.92 bits per heavy atom. The minimum atomic E-state index is 0.0481. The van der Waals surface area contributed by atoms with E-state index in [-0.39, 0.29) is 11.2 Å². The van der Waals surface area contributed by atoms with Gasteiger partial charge in [-0.25, -0.2) is 0 Å². The van der Waals surface area contributed by atoms with Crippen molar-refractivity contribution in [3.05, 3.63) is 0 Å². The molecule has 2 aliphatic heterocycles. The molecule has 2 saturated heterocycles. The molecule has 0 aromatic carbocycles. The van der Waals surface area contributed by atoms with Gasteiger partial charge in [0.25, 0.3) is 0 Å². The van der Waals surface area contributed by atoms with Crippen LogP contribution in [-0.2, 0) is 9.47 Å². The van der Waals surface area contributed by atoms with Crippen LogP contribution in [0.3, 0.4) is 0 Å². The van der Waals surface area contributed by atoms with Crippen LogP contribution in [0.25, 0.3) is 0 Å². The molecule has 0 amide bonds. The number of rotatable bonds is 0. The average molecular weight is 168 g/mol. The summed E-state index contributed by atoms with van der Waals surface area (Å²) < 4.78 is 12.0. The Bertz CT molecular complexity index is 224. The van der Waals surface area contributed by atoms with Crippen LogP contribution in [0.2, 0.25) is 0 Å². The SMILES string of the molecule is C[C@@]12CO[C@@]3(C)CC[C@@H]1C[C@H]3O2. The van der Waals surface area contributed by atoms with Gasteiger partial charge in [-0.1, -0.05) is 0 Å². The number of ether oxygens (including phenoxy) is 2. The molecule has 0 N–H and O–H groups in total. The predicted octanol–water partition coefficient (Wildman–Crippen LogP) is 1.73. The van der Waals surface area contributed by atoms with Crippen molar-refractivity contribution in [3.63, 3.8) is 0 Å². The van der Waals surface area contributed by atoms with Gasteiger partial charge in [-0.15, -0.1) is 0 Å². The maximum absolute atomic E-state index is 6.05. The van der Waals surface area contributed by atoms with Crippen molar-refractivity contribution < 1.29 is 9.47 Å². The third-order valence-electron chi connectivity index (χ3n) is 4.13. The molecule has 2 heterocycles. The van der Waals surface area contributed by atoms with Crippen LogP contribution in [0.5, 0.6) is 0 Å². The molecular weight excluding hydrogens is 152 g/mol.